The van der Waals surface area contributed by atoms with Gasteiger partial charge in [-0.05, 0) is 25.3 Å². The lowest BCUT2D eigenvalue weighted by atomic mass is 9.87. The van der Waals surface area contributed by atoms with Crippen molar-refractivity contribution in [1.29, 1.82) is 0 Å². The molecule has 0 unspecified atom stereocenters. The van der Waals surface area contributed by atoms with Gasteiger partial charge < -0.3 is 9.64 Å². The van der Waals surface area contributed by atoms with Crippen LogP contribution in [0.3, 0.4) is 0 Å². The monoisotopic (exact) mass is 183 g/mol. The lowest BCUT2D eigenvalue weighted by Gasteiger charge is -2.22. The summed E-state index contributed by atoms with van der Waals surface area (Å²) in [4.78, 5) is 2.61. The standard InChI is InChI=1S/C11H21NO/c1-10(2)7-12-5-3-11(8-12)4-6-13-9-11/h10H,3-9H2,1-2H3/t11-/m0/s1. The van der Waals surface area contributed by atoms with E-state index in [0.717, 1.165) is 19.1 Å². The van der Waals surface area contributed by atoms with Gasteiger partial charge in [0.15, 0.2) is 0 Å². The molecule has 0 bridgehead atoms. The predicted octanol–water partition coefficient (Wildman–Crippen LogP) is 1.75. The second-order valence-electron chi connectivity index (χ2n) is 5.18. The van der Waals surface area contributed by atoms with Gasteiger partial charge in [0.2, 0.25) is 0 Å². The normalized spacial score (nSPS) is 35.3. The van der Waals surface area contributed by atoms with Crippen molar-refractivity contribution in [3.05, 3.63) is 0 Å². The number of likely N-dealkylation sites (tertiary alicyclic amines) is 1. The van der Waals surface area contributed by atoms with Crippen LogP contribution in [-0.2, 0) is 4.74 Å². The molecule has 0 N–H and O–H groups in total. The molecule has 2 aliphatic heterocycles. The molecular formula is C11H21NO. The summed E-state index contributed by atoms with van der Waals surface area (Å²) in [7, 11) is 0. The molecule has 0 radical (unpaired) electrons. The largest absolute Gasteiger partial charge is 0.381 e. The van der Waals surface area contributed by atoms with Gasteiger partial charge >= 0.3 is 0 Å². The molecule has 1 atom stereocenters. The van der Waals surface area contributed by atoms with Crippen molar-refractivity contribution < 1.29 is 4.74 Å². The number of rotatable bonds is 2. The Hall–Kier alpha value is -0.0800. The van der Waals surface area contributed by atoms with Gasteiger partial charge in [-0.15, -0.1) is 0 Å². The van der Waals surface area contributed by atoms with Gasteiger partial charge in [-0.25, -0.2) is 0 Å². The van der Waals surface area contributed by atoms with Crippen LogP contribution in [0.5, 0.6) is 0 Å². The van der Waals surface area contributed by atoms with Crippen LogP contribution < -0.4 is 0 Å². The molecule has 2 heteroatoms. The Morgan fingerprint density at radius 1 is 1.38 bits per heavy atom. The third kappa shape index (κ3) is 2.05. The average Bonchev–Trinajstić information content (AvgIpc) is 2.63. The minimum absolute atomic E-state index is 0.550. The predicted molar refractivity (Wildman–Crippen MR) is 53.8 cm³/mol. The van der Waals surface area contributed by atoms with Gasteiger partial charge in [-0.2, -0.15) is 0 Å². The zero-order valence-corrected chi connectivity index (χ0v) is 8.88. The van der Waals surface area contributed by atoms with E-state index in [0.29, 0.717) is 5.41 Å². The molecule has 13 heavy (non-hydrogen) atoms. The highest BCUT2D eigenvalue weighted by Gasteiger charge is 2.40. The smallest absolute Gasteiger partial charge is 0.0536 e. The average molecular weight is 183 g/mol. The second kappa shape index (κ2) is 3.58. The number of ether oxygens (including phenoxy) is 1. The maximum atomic E-state index is 5.51. The second-order valence-corrected chi connectivity index (χ2v) is 5.18. The number of nitrogens with zero attached hydrogens (tertiary/aromatic N) is 1. The van der Waals surface area contributed by atoms with Crippen molar-refractivity contribution in [3.63, 3.8) is 0 Å². The fourth-order valence-corrected chi connectivity index (χ4v) is 2.67. The first kappa shape index (κ1) is 9.47. The van der Waals surface area contributed by atoms with Gasteiger partial charge in [0.25, 0.3) is 0 Å². The van der Waals surface area contributed by atoms with Gasteiger partial charge in [-0.3, -0.25) is 0 Å². The maximum absolute atomic E-state index is 5.51. The maximum Gasteiger partial charge on any atom is 0.0536 e. The van der Waals surface area contributed by atoms with E-state index in [9.17, 15) is 0 Å². The molecule has 2 heterocycles. The highest BCUT2D eigenvalue weighted by molar-refractivity contribution is 4.92. The number of hydrogen-bond acceptors (Lipinski definition) is 2. The van der Waals surface area contributed by atoms with Crippen molar-refractivity contribution >= 4 is 0 Å². The molecule has 0 amide bonds. The third-order valence-electron chi connectivity index (χ3n) is 3.33. The van der Waals surface area contributed by atoms with E-state index < -0.39 is 0 Å². The molecule has 2 nitrogen and oxygen atoms in total. The van der Waals surface area contributed by atoms with Crippen LogP contribution in [0, 0.1) is 11.3 Å². The first-order valence-corrected chi connectivity index (χ1v) is 5.50. The van der Waals surface area contributed by atoms with E-state index >= 15 is 0 Å². The van der Waals surface area contributed by atoms with E-state index in [4.69, 9.17) is 4.74 Å². The minimum Gasteiger partial charge on any atom is -0.381 e. The lowest BCUT2D eigenvalue weighted by molar-refractivity contribution is 0.150. The topological polar surface area (TPSA) is 12.5 Å². The van der Waals surface area contributed by atoms with Gasteiger partial charge in [-0.1, -0.05) is 13.8 Å². The molecule has 2 fully saturated rings. The summed E-state index contributed by atoms with van der Waals surface area (Å²) in [6.07, 6.45) is 2.65. The fraction of sp³-hybridized carbons (Fsp3) is 1.00. The summed E-state index contributed by atoms with van der Waals surface area (Å²) < 4.78 is 5.51. The minimum atomic E-state index is 0.550. The van der Waals surface area contributed by atoms with Gasteiger partial charge in [0.05, 0.1) is 6.61 Å². The van der Waals surface area contributed by atoms with Crippen LogP contribution in [-0.4, -0.2) is 37.7 Å². The SMILES string of the molecule is CC(C)CN1CC[C@]2(CCOC2)C1. The first-order valence-electron chi connectivity index (χ1n) is 5.50. The van der Waals surface area contributed by atoms with E-state index in [1.54, 1.807) is 0 Å². The van der Waals surface area contributed by atoms with E-state index in [2.05, 4.69) is 18.7 Å². The summed E-state index contributed by atoms with van der Waals surface area (Å²) >= 11 is 0. The Morgan fingerprint density at radius 2 is 2.23 bits per heavy atom. The highest BCUT2D eigenvalue weighted by atomic mass is 16.5. The fourth-order valence-electron chi connectivity index (χ4n) is 2.67. The summed E-state index contributed by atoms with van der Waals surface area (Å²) in [6, 6.07) is 0. The first-order chi connectivity index (χ1) is 6.20. The van der Waals surface area contributed by atoms with Crippen LogP contribution in [0.1, 0.15) is 26.7 Å². The summed E-state index contributed by atoms with van der Waals surface area (Å²) in [5.41, 5.74) is 0.550. The molecule has 1 spiro atoms. The summed E-state index contributed by atoms with van der Waals surface area (Å²) in [6.45, 7) is 10.5. The quantitative estimate of drug-likeness (QED) is 0.647. The molecule has 2 aliphatic rings. The number of hydrogen-bond donors (Lipinski definition) is 0. The van der Waals surface area contributed by atoms with Crippen molar-refractivity contribution in [3.8, 4) is 0 Å². The molecule has 0 aromatic carbocycles. The Kier molecular flexibility index (Phi) is 2.61. The van der Waals surface area contributed by atoms with Gasteiger partial charge in [0.1, 0.15) is 0 Å². The van der Waals surface area contributed by atoms with E-state index in [1.165, 1.54) is 32.5 Å². The molecular weight excluding hydrogens is 162 g/mol. The van der Waals surface area contributed by atoms with Crippen molar-refractivity contribution in [2.45, 2.75) is 26.7 Å². The Morgan fingerprint density at radius 3 is 2.85 bits per heavy atom. The Balaban J connectivity index is 1.86. The van der Waals surface area contributed by atoms with Gasteiger partial charge in [0, 0.05) is 25.1 Å². The van der Waals surface area contributed by atoms with E-state index in [1.807, 2.05) is 0 Å². The summed E-state index contributed by atoms with van der Waals surface area (Å²) in [5, 5.41) is 0. The van der Waals surface area contributed by atoms with Crippen LogP contribution in [0.2, 0.25) is 0 Å². The van der Waals surface area contributed by atoms with Crippen LogP contribution in [0.4, 0.5) is 0 Å². The molecule has 0 aromatic heterocycles. The zero-order chi connectivity index (χ0) is 9.31. The molecule has 0 aliphatic carbocycles. The molecule has 2 saturated heterocycles. The van der Waals surface area contributed by atoms with Crippen LogP contribution >= 0.6 is 0 Å². The van der Waals surface area contributed by atoms with Crippen LogP contribution in [0.15, 0.2) is 0 Å². The van der Waals surface area contributed by atoms with Crippen molar-refractivity contribution in [1.82, 2.24) is 4.90 Å². The zero-order valence-electron chi connectivity index (χ0n) is 8.88. The lowest BCUT2D eigenvalue weighted by Crippen LogP contribution is -2.30. The van der Waals surface area contributed by atoms with Crippen molar-refractivity contribution in [2.75, 3.05) is 32.8 Å². The summed E-state index contributed by atoms with van der Waals surface area (Å²) in [5.74, 6) is 0.803. The molecule has 76 valence electrons. The molecule has 2 rings (SSSR count). The van der Waals surface area contributed by atoms with Crippen molar-refractivity contribution in [2.24, 2.45) is 11.3 Å². The van der Waals surface area contributed by atoms with Crippen LogP contribution in [0.25, 0.3) is 0 Å². The molecule has 0 saturated carbocycles. The Labute approximate surface area is 81.3 Å². The molecule has 0 aromatic rings. The van der Waals surface area contributed by atoms with E-state index in [-0.39, 0.29) is 0 Å². The Bertz CT molecular complexity index is 173. The highest BCUT2D eigenvalue weighted by Crippen LogP contribution is 2.38. The third-order valence-corrected chi connectivity index (χ3v) is 3.33.